The van der Waals surface area contributed by atoms with Crippen LogP contribution in [0.25, 0.3) is 0 Å². The minimum Gasteiger partial charge on any atom is -0.399 e. The van der Waals surface area contributed by atoms with E-state index in [0.29, 0.717) is 0 Å². The summed E-state index contributed by atoms with van der Waals surface area (Å²) in [6.07, 6.45) is 10.7. The number of nitrogens with zero attached hydrogens (tertiary/aromatic N) is 1. The van der Waals surface area contributed by atoms with E-state index < -0.39 is 0 Å². The molecule has 0 aliphatic carbocycles. The highest BCUT2D eigenvalue weighted by molar-refractivity contribution is 5.55. The number of rotatable bonds is 6. The van der Waals surface area contributed by atoms with E-state index in [1.165, 1.54) is 19.3 Å². The molecule has 0 unspecified atom stereocenters. The molecule has 0 spiro atoms. The summed E-state index contributed by atoms with van der Waals surface area (Å²) in [4.78, 5) is 4.52. The van der Waals surface area contributed by atoms with Crippen LogP contribution < -0.4 is 0 Å². The second-order valence-electron chi connectivity index (χ2n) is 2.32. The fourth-order valence-corrected chi connectivity index (χ4v) is 0.792. The molecule has 0 N–H and O–H groups in total. The van der Waals surface area contributed by atoms with E-state index in [4.69, 9.17) is 0 Å². The van der Waals surface area contributed by atoms with Gasteiger partial charge in [0, 0.05) is 6.21 Å². The summed E-state index contributed by atoms with van der Waals surface area (Å²) < 4.78 is 0. The maximum atomic E-state index is 4.52. The Morgan fingerprint density at radius 2 is 2.00 bits per heavy atom. The summed E-state index contributed by atoms with van der Waals surface area (Å²) in [5.41, 5.74) is 0. The van der Waals surface area contributed by atoms with Crippen LogP contribution in [0.1, 0.15) is 32.6 Å². The summed E-state index contributed by atoms with van der Waals surface area (Å²) in [7, 11) is 1.57. The van der Waals surface area contributed by atoms with Crippen molar-refractivity contribution in [3.05, 3.63) is 12.2 Å². The molecule has 0 radical (unpaired) electrons. The van der Waals surface area contributed by atoms with Crippen LogP contribution in [0.3, 0.4) is 0 Å². The second kappa shape index (κ2) is 9.21. The highest BCUT2D eigenvalue weighted by Crippen LogP contribution is 1.98. The molecule has 0 saturated carbocycles. The summed E-state index contributed by atoms with van der Waals surface area (Å²) in [6, 6.07) is 0. The standard InChI is InChI=1S/C9H17NO/c1-3-4-5-6-7-8-9-10-11-2/h3-4,9H,5-8H2,1-2H3/b4-3+,10-9-. The first-order valence-electron chi connectivity index (χ1n) is 4.08. The molecule has 2 nitrogen and oxygen atoms in total. The van der Waals surface area contributed by atoms with Crippen molar-refractivity contribution in [2.45, 2.75) is 32.6 Å². The summed E-state index contributed by atoms with van der Waals surface area (Å²) in [5.74, 6) is 0. The van der Waals surface area contributed by atoms with Crippen LogP contribution in [-0.4, -0.2) is 13.3 Å². The number of allylic oxidation sites excluding steroid dienone is 2. The molecule has 0 saturated heterocycles. The molecule has 0 aromatic heterocycles. The lowest BCUT2D eigenvalue weighted by atomic mass is 10.2. The Morgan fingerprint density at radius 3 is 2.64 bits per heavy atom. The minimum absolute atomic E-state index is 1.02. The third-order valence-electron chi connectivity index (χ3n) is 1.37. The van der Waals surface area contributed by atoms with Crippen LogP contribution in [0.15, 0.2) is 17.3 Å². The van der Waals surface area contributed by atoms with Crippen LogP contribution in [0.4, 0.5) is 0 Å². The van der Waals surface area contributed by atoms with Crippen LogP contribution >= 0.6 is 0 Å². The zero-order valence-electron chi connectivity index (χ0n) is 7.42. The lowest BCUT2D eigenvalue weighted by Crippen LogP contribution is -1.78. The van der Waals surface area contributed by atoms with E-state index >= 15 is 0 Å². The first-order chi connectivity index (χ1) is 5.41. The van der Waals surface area contributed by atoms with Crippen LogP contribution in [-0.2, 0) is 4.84 Å². The van der Waals surface area contributed by atoms with E-state index in [2.05, 4.69) is 22.1 Å². The third kappa shape index (κ3) is 9.21. The summed E-state index contributed by atoms with van der Waals surface area (Å²) >= 11 is 0. The predicted octanol–water partition coefficient (Wildman–Crippen LogP) is 2.76. The topological polar surface area (TPSA) is 21.6 Å². The Labute approximate surface area is 68.9 Å². The molecule has 11 heavy (non-hydrogen) atoms. The van der Waals surface area contributed by atoms with Crippen molar-refractivity contribution in [3.63, 3.8) is 0 Å². The van der Waals surface area contributed by atoms with Gasteiger partial charge in [-0.3, -0.25) is 0 Å². The number of unbranched alkanes of at least 4 members (excludes halogenated alkanes) is 3. The van der Waals surface area contributed by atoms with Gasteiger partial charge in [-0.15, -0.1) is 0 Å². The Balaban J connectivity index is 2.96. The molecule has 0 heterocycles. The molecule has 0 aliphatic heterocycles. The second-order valence-corrected chi connectivity index (χ2v) is 2.32. The smallest absolute Gasteiger partial charge is 0.106 e. The quantitative estimate of drug-likeness (QED) is 0.250. The summed E-state index contributed by atoms with van der Waals surface area (Å²) in [5, 5.41) is 3.65. The fraction of sp³-hybridized carbons (Fsp3) is 0.667. The highest BCUT2D eigenvalue weighted by Gasteiger charge is 1.82. The van der Waals surface area contributed by atoms with Gasteiger partial charge in [0.05, 0.1) is 0 Å². The highest BCUT2D eigenvalue weighted by atomic mass is 16.6. The van der Waals surface area contributed by atoms with Gasteiger partial charge in [0.15, 0.2) is 0 Å². The van der Waals surface area contributed by atoms with E-state index in [-0.39, 0.29) is 0 Å². The Hall–Kier alpha value is -0.790. The van der Waals surface area contributed by atoms with E-state index in [9.17, 15) is 0 Å². The van der Waals surface area contributed by atoms with Gasteiger partial charge in [-0.05, 0) is 32.6 Å². The molecule has 0 atom stereocenters. The van der Waals surface area contributed by atoms with Gasteiger partial charge < -0.3 is 4.84 Å². The Morgan fingerprint density at radius 1 is 1.27 bits per heavy atom. The van der Waals surface area contributed by atoms with Crippen LogP contribution in [0.2, 0.25) is 0 Å². The normalized spacial score (nSPS) is 11.5. The van der Waals surface area contributed by atoms with Crippen molar-refractivity contribution < 1.29 is 4.84 Å². The first-order valence-corrected chi connectivity index (χ1v) is 4.08. The van der Waals surface area contributed by atoms with E-state index in [1.54, 1.807) is 7.11 Å². The molecular formula is C9H17NO. The van der Waals surface area contributed by atoms with Gasteiger partial charge in [-0.1, -0.05) is 17.3 Å². The van der Waals surface area contributed by atoms with Crippen molar-refractivity contribution in [2.75, 3.05) is 7.11 Å². The van der Waals surface area contributed by atoms with Gasteiger partial charge in [0.1, 0.15) is 7.11 Å². The zero-order chi connectivity index (χ0) is 8.36. The van der Waals surface area contributed by atoms with Crippen molar-refractivity contribution in [1.29, 1.82) is 0 Å². The predicted molar refractivity (Wildman–Crippen MR) is 48.8 cm³/mol. The van der Waals surface area contributed by atoms with Crippen LogP contribution in [0, 0.1) is 0 Å². The number of hydrogen-bond acceptors (Lipinski definition) is 2. The molecule has 64 valence electrons. The molecule has 0 amide bonds. The largest absolute Gasteiger partial charge is 0.399 e. The van der Waals surface area contributed by atoms with E-state index in [1.807, 2.05) is 13.1 Å². The summed E-state index contributed by atoms with van der Waals surface area (Å²) in [6.45, 7) is 2.05. The number of hydrogen-bond donors (Lipinski definition) is 0. The van der Waals surface area contributed by atoms with Crippen molar-refractivity contribution in [1.82, 2.24) is 0 Å². The molecule has 0 aromatic rings. The van der Waals surface area contributed by atoms with Crippen LogP contribution in [0.5, 0.6) is 0 Å². The fourth-order valence-electron chi connectivity index (χ4n) is 0.792. The first kappa shape index (κ1) is 10.2. The average Bonchev–Trinajstić information content (AvgIpc) is 2.03. The van der Waals surface area contributed by atoms with Crippen molar-refractivity contribution in [2.24, 2.45) is 5.16 Å². The molecule has 0 fully saturated rings. The Kier molecular flexibility index (Phi) is 8.55. The Bertz CT molecular complexity index is 119. The van der Waals surface area contributed by atoms with Gasteiger partial charge in [-0.25, -0.2) is 0 Å². The molecule has 0 rings (SSSR count). The third-order valence-corrected chi connectivity index (χ3v) is 1.37. The lowest BCUT2D eigenvalue weighted by Gasteiger charge is -1.91. The lowest BCUT2D eigenvalue weighted by molar-refractivity contribution is 0.214. The van der Waals surface area contributed by atoms with Gasteiger partial charge in [0.25, 0.3) is 0 Å². The number of oxime groups is 1. The SMILES string of the molecule is C/C=C/CCCC/C=N\OC. The average molecular weight is 155 g/mol. The van der Waals surface area contributed by atoms with E-state index in [0.717, 1.165) is 6.42 Å². The van der Waals surface area contributed by atoms with Crippen molar-refractivity contribution >= 4 is 6.21 Å². The maximum Gasteiger partial charge on any atom is 0.106 e. The van der Waals surface area contributed by atoms with Gasteiger partial charge >= 0.3 is 0 Å². The van der Waals surface area contributed by atoms with Gasteiger partial charge in [-0.2, -0.15) is 0 Å². The molecule has 0 aromatic carbocycles. The molecule has 2 heteroatoms. The molecule has 0 bridgehead atoms. The minimum atomic E-state index is 1.02. The zero-order valence-corrected chi connectivity index (χ0v) is 7.42. The molecule has 0 aliphatic rings. The van der Waals surface area contributed by atoms with Crippen molar-refractivity contribution in [3.8, 4) is 0 Å². The maximum absolute atomic E-state index is 4.52. The van der Waals surface area contributed by atoms with Gasteiger partial charge in [0.2, 0.25) is 0 Å². The molecular weight excluding hydrogens is 138 g/mol. The monoisotopic (exact) mass is 155 g/mol.